The van der Waals surface area contributed by atoms with Crippen molar-refractivity contribution in [3.05, 3.63) is 0 Å². The van der Waals surface area contributed by atoms with Crippen molar-refractivity contribution < 1.29 is 103 Å². The van der Waals surface area contributed by atoms with Gasteiger partial charge in [-0.25, -0.2) is 0 Å². The van der Waals surface area contributed by atoms with E-state index in [1.807, 2.05) is 0 Å². The summed E-state index contributed by atoms with van der Waals surface area (Å²) in [4.78, 5) is 0. The van der Waals surface area contributed by atoms with Crippen LogP contribution in [-0.4, -0.2) is 0 Å². The van der Waals surface area contributed by atoms with Crippen LogP contribution in [0.2, 0.25) is 0 Å². The Morgan fingerprint density at radius 3 is 1.14 bits per heavy atom. The van der Waals surface area contributed by atoms with Gasteiger partial charge in [-0.2, -0.15) is 0 Å². The molecule has 0 spiro atoms. The Labute approximate surface area is 100 Å². The molecule has 0 aromatic rings. The molecule has 0 amide bonds. The van der Waals surface area contributed by atoms with Gasteiger partial charge in [0.15, 0.2) is 0 Å². The minimum atomic E-state index is -4.01. The Bertz CT molecular complexity index is 22.9. The molecular weight excluding hydrogens is 294 g/mol. The van der Waals surface area contributed by atoms with Crippen LogP contribution in [0.3, 0.4) is 0 Å². The molecule has 0 atom stereocenters. The van der Waals surface area contributed by atoms with Crippen LogP contribution >= 0.6 is 0 Å². The average Bonchev–Trinajstić information content (AvgIpc) is 1.41. The third kappa shape index (κ3) is 56.1. The Morgan fingerprint density at radius 2 is 1.14 bits per heavy atom. The Hall–Kier alpha value is 2.57. The molecule has 0 aliphatic heterocycles. The molecule has 43 valence electrons. The fourth-order valence-corrected chi connectivity index (χ4v) is 0. The van der Waals surface area contributed by atoms with Crippen LogP contribution in [0, 0.1) is 0 Å². The summed E-state index contributed by atoms with van der Waals surface area (Å²) < 4.78 is 33.5. The average molecular weight is 294 g/mol. The van der Waals surface area contributed by atoms with E-state index >= 15 is 0 Å². The van der Waals surface area contributed by atoms with Crippen molar-refractivity contribution in [1.82, 2.24) is 0 Å². The first kappa shape index (κ1) is 16.3. The van der Waals surface area contributed by atoms with Crippen LogP contribution in [0.1, 0.15) is 0 Å². The normalized spacial score (nSPS) is 6.00. The third-order valence-corrected chi connectivity index (χ3v) is 0. The summed E-state index contributed by atoms with van der Waals surface area (Å²) in [6.07, 6.45) is 0. The Balaban J connectivity index is -0.0000000480. The first-order valence-corrected chi connectivity index (χ1v) is 3.61. The molecule has 4 nitrogen and oxygen atoms in total. The van der Waals surface area contributed by atoms with Crippen molar-refractivity contribution in [2.75, 3.05) is 0 Å². The molecule has 0 bridgehead atoms. The van der Waals surface area contributed by atoms with Gasteiger partial charge in [0.1, 0.15) is 0 Å². The second kappa shape index (κ2) is 15.8. The van der Waals surface area contributed by atoms with Crippen LogP contribution in [0.25, 0.3) is 0 Å². The third-order valence-electron chi connectivity index (χ3n) is 0. The van der Waals surface area contributed by atoms with Crippen molar-refractivity contribution in [3.63, 3.8) is 0 Å². The van der Waals surface area contributed by atoms with Gasteiger partial charge in [-0.1, -0.05) is 0 Å². The van der Waals surface area contributed by atoms with Crippen molar-refractivity contribution in [2.24, 2.45) is 0 Å². The Kier molecular flexibility index (Phi) is 36.8. The topological polar surface area (TPSA) is 86.2 Å². The first-order valence-electron chi connectivity index (χ1n) is 0.586. The predicted octanol–water partition coefficient (Wildman–Crippen LogP) is -9.68. The SMILES string of the molecule is [K+].[O-][I+2]([O-])[O-].[O]=[Cu]. The molecule has 0 aliphatic rings. The molecule has 0 N–H and O–H groups in total. The molecule has 0 heterocycles. The molecule has 0 aromatic carbocycles. The monoisotopic (exact) mass is 293 g/mol. The summed E-state index contributed by atoms with van der Waals surface area (Å²) in [6, 6.07) is 0. The molecule has 7 heteroatoms. The number of hydrogen-bond acceptors (Lipinski definition) is 4. The molecule has 0 saturated carbocycles. The number of halogens is 1. The van der Waals surface area contributed by atoms with Crippen LogP contribution in [0.4, 0.5) is 0 Å². The van der Waals surface area contributed by atoms with Crippen molar-refractivity contribution >= 4 is 0 Å². The van der Waals surface area contributed by atoms with Crippen molar-refractivity contribution in [2.45, 2.75) is 0 Å². The zero-order valence-electron chi connectivity index (χ0n) is 3.31. The minimum absolute atomic E-state index is 0. The van der Waals surface area contributed by atoms with E-state index in [0.717, 1.165) is 0 Å². The van der Waals surface area contributed by atoms with E-state index in [1.165, 1.54) is 0 Å². The van der Waals surface area contributed by atoms with Gasteiger partial charge < -0.3 is 10.3 Å². The van der Waals surface area contributed by atoms with Gasteiger partial charge in [0.2, 0.25) is 0 Å². The van der Waals surface area contributed by atoms with E-state index in [4.69, 9.17) is 14.1 Å². The van der Waals surface area contributed by atoms with Crippen LogP contribution < -0.4 is 82.8 Å². The summed E-state index contributed by atoms with van der Waals surface area (Å²) >= 11 is -1.08. The van der Waals surface area contributed by atoms with Gasteiger partial charge >= 0.3 is 71.2 Å². The molecule has 0 fully saturated rings. The fourth-order valence-electron chi connectivity index (χ4n) is 0. The van der Waals surface area contributed by atoms with E-state index in [9.17, 15) is 0 Å². The maximum absolute atomic E-state index is 8.57. The van der Waals surface area contributed by atoms with Crippen molar-refractivity contribution in [3.8, 4) is 0 Å². The molecular formula is CuIKO4. The maximum atomic E-state index is 8.57. The number of hydrogen-bond donors (Lipinski definition) is 0. The van der Waals surface area contributed by atoms with Crippen LogP contribution in [-0.2, 0) is 19.8 Å². The van der Waals surface area contributed by atoms with Crippen LogP contribution in [0.15, 0.2) is 0 Å². The van der Waals surface area contributed by atoms with E-state index in [2.05, 4.69) is 15.9 Å². The molecule has 0 aliphatic carbocycles. The van der Waals surface area contributed by atoms with Crippen molar-refractivity contribution in [1.29, 1.82) is 0 Å². The summed E-state index contributed by atoms with van der Waals surface area (Å²) in [5.41, 5.74) is 0. The Morgan fingerprint density at radius 1 is 1.14 bits per heavy atom. The predicted molar refractivity (Wildman–Crippen MR) is 0.686 cm³/mol. The number of rotatable bonds is 0. The van der Waals surface area contributed by atoms with Gasteiger partial charge in [-0.05, 0) is 0 Å². The summed E-state index contributed by atoms with van der Waals surface area (Å²) in [6.45, 7) is 0. The molecule has 0 radical (unpaired) electrons. The standard InChI is InChI=1S/Cu.IO3.K.O/c;2-1(3)4;;/q;-1;+1;. The molecule has 0 rings (SSSR count). The quantitative estimate of drug-likeness (QED) is 0.328. The summed E-state index contributed by atoms with van der Waals surface area (Å²) in [5.74, 6) is 0. The van der Waals surface area contributed by atoms with E-state index in [-0.39, 0.29) is 51.4 Å². The summed E-state index contributed by atoms with van der Waals surface area (Å²) in [7, 11) is 0. The fraction of sp³-hybridized carbons (Fsp3) is 0. The molecule has 0 aromatic heterocycles. The summed E-state index contributed by atoms with van der Waals surface area (Å²) in [5, 5.41) is 0. The second-order valence-electron chi connectivity index (χ2n) is 0.189. The molecule has 0 unspecified atom stereocenters. The van der Waals surface area contributed by atoms with E-state index in [1.54, 1.807) is 0 Å². The zero-order valence-corrected chi connectivity index (χ0v) is 9.53. The second-order valence-corrected chi connectivity index (χ2v) is 1.27. The molecule has 0 saturated heterocycles. The van der Waals surface area contributed by atoms with Gasteiger partial charge in [-0.3, -0.25) is 0 Å². The molecule has 7 heavy (non-hydrogen) atoms. The van der Waals surface area contributed by atoms with Gasteiger partial charge in [-0.15, -0.1) is 0 Å². The van der Waals surface area contributed by atoms with Gasteiger partial charge in [0, 0.05) is 0 Å². The van der Waals surface area contributed by atoms with E-state index < -0.39 is 21.1 Å². The van der Waals surface area contributed by atoms with Gasteiger partial charge in [0.25, 0.3) is 21.1 Å². The first-order chi connectivity index (χ1) is 2.73. The van der Waals surface area contributed by atoms with Gasteiger partial charge in [0.05, 0.1) is 0 Å². The van der Waals surface area contributed by atoms with E-state index in [0.29, 0.717) is 0 Å². The van der Waals surface area contributed by atoms with Crippen LogP contribution in [0.5, 0.6) is 0 Å². The zero-order chi connectivity index (χ0) is 5.58.